The lowest BCUT2D eigenvalue weighted by Gasteiger charge is -2.18. The molecule has 2 aromatic carbocycles. The Kier molecular flexibility index (Phi) is 8.14. The monoisotopic (exact) mass is 368 g/mol. The third-order valence-electron chi connectivity index (χ3n) is 6.73. The van der Waals surface area contributed by atoms with E-state index < -0.39 is 0 Å². The summed E-state index contributed by atoms with van der Waals surface area (Å²) >= 11 is 0. The van der Waals surface area contributed by atoms with E-state index in [1.165, 1.54) is 55.6 Å². The maximum Gasteiger partial charge on any atom is 0.125 e. The molecule has 0 heterocycles. The predicted molar refractivity (Wildman–Crippen MR) is 121 cm³/mol. The van der Waals surface area contributed by atoms with Crippen molar-refractivity contribution in [3.63, 3.8) is 0 Å². The number of ether oxygens (including phenoxy) is 1. The summed E-state index contributed by atoms with van der Waals surface area (Å²) in [5, 5.41) is 0. The molecule has 0 aliphatic carbocycles. The van der Waals surface area contributed by atoms with Gasteiger partial charge in [-0.2, -0.15) is 0 Å². The van der Waals surface area contributed by atoms with Gasteiger partial charge in [0, 0.05) is 0 Å². The summed E-state index contributed by atoms with van der Waals surface area (Å²) in [4.78, 5) is 0. The van der Waals surface area contributed by atoms with Gasteiger partial charge in [-0.25, -0.2) is 0 Å². The molecule has 2 rings (SSSR count). The fourth-order valence-corrected chi connectivity index (χ4v) is 3.93. The Morgan fingerprint density at radius 3 is 1.04 bits per heavy atom. The molecule has 0 aromatic heterocycles. The average molecular weight is 369 g/mol. The van der Waals surface area contributed by atoms with Crippen LogP contribution in [0.1, 0.15) is 75.0 Å². The van der Waals surface area contributed by atoms with Gasteiger partial charge >= 0.3 is 0 Å². The van der Waals surface area contributed by atoms with E-state index in [1.54, 1.807) is 5.56 Å². The van der Waals surface area contributed by atoms with Crippen LogP contribution in [0.15, 0.2) is 0 Å². The number of hydrogen-bond acceptors (Lipinski definition) is 1. The number of rotatable bonds is 3. The van der Waals surface area contributed by atoms with E-state index in [0.29, 0.717) is 0 Å². The first-order chi connectivity index (χ1) is 12.5. The Bertz CT molecular complexity index is 767. The summed E-state index contributed by atoms with van der Waals surface area (Å²) in [6.07, 6.45) is 1.15. The van der Waals surface area contributed by atoms with Crippen LogP contribution < -0.4 is 4.74 Å². The summed E-state index contributed by atoms with van der Waals surface area (Å²) in [6, 6.07) is 0. The minimum absolute atomic E-state index is 0.740. The molecule has 1 nitrogen and oxygen atoms in total. The van der Waals surface area contributed by atoms with Crippen molar-refractivity contribution < 1.29 is 4.74 Å². The van der Waals surface area contributed by atoms with Crippen LogP contribution in [0.25, 0.3) is 0 Å². The summed E-state index contributed by atoms with van der Waals surface area (Å²) in [5.74, 6) is 1.08. The molecular weight excluding hydrogens is 328 g/mol. The van der Waals surface area contributed by atoms with Crippen molar-refractivity contribution in [2.24, 2.45) is 0 Å². The van der Waals surface area contributed by atoms with Gasteiger partial charge in [0.25, 0.3) is 0 Å². The normalized spacial score (nSPS) is 10.5. The summed E-state index contributed by atoms with van der Waals surface area (Å²) in [7, 11) is 0. The molecule has 0 bridgehead atoms. The maximum atomic E-state index is 5.68. The highest BCUT2D eigenvalue weighted by molar-refractivity contribution is 5.53. The quantitative estimate of drug-likeness (QED) is 0.547. The van der Waals surface area contributed by atoms with E-state index in [-0.39, 0.29) is 0 Å². The molecule has 0 saturated heterocycles. The van der Waals surface area contributed by atoms with Crippen LogP contribution in [0.4, 0.5) is 0 Å². The Morgan fingerprint density at radius 1 is 0.444 bits per heavy atom. The van der Waals surface area contributed by atoms with Crippen molar-refractivity contribution in [2.45, 2.75) is 89.5 Å². The lowest BCUT2D eigenvalue weighted by Crippen LogP contribution is -2.02. The largest absolute Gasteiger partial charge is 0.493 e. The fraction of sp³-hybridized carbons (Fsp3) is 0.538. The van der Waals surface area contributed by atoms with Crippen LogP contribution in [-0.2, 0) is 6.42 Å². The van der Waals surface area contributed by atoms with Crippen LogP contribution in [0, 0.1) is 69.2 Å². The Balaban J connectivity index is 0.000000271. The van der Waals surface area contributed by atoms with E-state index in [1.807, 2.05) is 6.92 Å². The fourth-order valence-electron chi connectivity index (χ4n) is 3.93. The van der Waals surface area contributed by atoms with Crippen molar-refractivity contribution in [2.75, 3.05) is 6.61 Å². The first kappa shape index (κ1) is 23.3. The second-order valence-electron chi connectivity index (χ2n) is 7.84. The zero-order valence-corrected chi connectivity index (χ0v) is 19.8. The lowest BCUT2D eigenvalue weighted by molar-refractivity contribution is 0.335. The highest BCUT2D eigenvalue weighted by atomic mass is 16.5. The van der Waals surface area contributed by atoms with Crippen molar-refractivity contribution in [1.82, 2.24) is 0 Å². The van der Waals surface area contributed by atoms with Gasteiger partial charge in [-0.05, 0) is 144 Å². The van der Waals surface area contributed by atoms with Crippen molar-refractivity contribution >= 4 is 0 Å². The Labute approximate surface area is 168 Å². The molecule has 0 aliphatic rings. The predicted octanol–water partition coefficient (Wildman–Crippen LogP) is 7.42. The number of benzene rings is 2. The van der Waals surface area contributed by atoms with Crippen LogP contribution in [0.3, 0.4) is 0 Å². The molecule has 0 saturated carbocycles. The van der Waals surface area contributed by atoms with Gasteiger partial charge in [0.1, 0.15) is 5.75 Å². The molecule has 0 spiro atoms. The zero-order valence-electron chi connectivity index (χ0n) is 19.8. The molecule has 0 N–H and O–H groups in total. The third kappa shape index (κ3) is 4.57. The van der Waals surface area contributed by atoms with Gasteiger partial charge in [0.15, 0.2) is 0 Å². The molecule has 0 atom stereocenters. The maximum absolute atomic E-state index is 5.68. The van der Waals surface area contributed by atoms with E-state index in [9.17, 15) is 0 Å². The molecule has 150 valence electrons. The first-order valence-electron chi connectivity index (χ1n) is 10.3. The molecule has 0 amide bonds. The Morgan fingerprint density at radius 2 is 0.741 bits per heavy atom. The topological polar surface area (TPSA) is 9.23 Å². The van der Waals surface area contributed by atoms with Crippen LogP contribution >= 0.6 is 0 Å². The van der Waals surface area contributed by atoms with Crippen LogP contribution in [0.5, 0.6) is 5.75 Å². The Hall–Kier alpha value is -1.76. The molecule has 1 heteroatoms. The van der Waals surface area contributed by atoms with E-state index in [2.05, 4.69) is 76.2 Å². The van der Waals surface area contributed by atoms with Crippen molar-refractivity contribution in [3.05, 3.63) is 61.2 Å². The standard InChI is InChI=1S/C13H20O.C13H20/c1-7-14-13-11(5)9(3)8(2)10(4)12(13)6;1-7-13-11(5)9(3)8(2)10(4)12(13)6/h7H2,1-6H3;7H2,1-6H3. The third-order valence-corrected chi connectivity index (χ3v) is 6.73. The van der Waals surface area contributed by atoms with E-state index in [4.69, 9.17) is 4.74 Å². The number of hydrogen-bond donors (Lipinski definition) is 0. The second-order valence-corrected chi connectivity index (χ2v) is 7.84. The molecule has 0 unspecified atom stereocenters. The highest BCUT2D eigenvalue weighted by Gasteiger charge is 2.12. The summed E-state index contributed by atoms with van der Waals surface area (Å²) < 4.78 is 5.68. The average Bonchev–Trinajstić information content (AvgIpc) is 2.66. The molecule has 0 aliphatic heterocycles. The van der Waals surface area contributed by atoms with Crippen LogP contribution in [-0.4, -0.2) is 6.61 Å². The van der Waals surface area contributed by atoms with Gasteiger partial charge in [-0.3, -0.25) is 0 Å². The highest BCUT2D eigenvalue weighted by Crippen LogP contribution is 2.32. The van der Waals surface area contributed by atoms with Gasteiger partial charge < -0.3 is 4.74 Å². The molecule has 2 aromatic rings. The van der Waals surface area contributed by atoms with Gasteiger partial charge in [-0.1, -0.05) is 6.92 Å². The molecule has 27 heavy (non-hydrogen) atoms. The minimum Gasteiger partial charge on any atom is -0.493 e. The second kappa shape index (κ2) is 9.44. The minimum atomic E-state index is 0.740. The van der Waals surface area contributed by atoms with Gasteiger partial charge in [-0.15, -0.1) is 0 Å². The van der Waals surface area contributed by atoms with Gasteiger partial charge in [0.05, 0.1) is 6.61 Å². The first-order valence-corrected chi connectivity index (χ1v) is 10.3. The SMILES string of the molecule is CCOc1c(C)c(C)c(C)c(C)c1C.CCc1c(C)c(C)c(C)c(C)c1C. The van der Waals surface area contributed by atoms with Gasteiger partial charge in [0.2, 0.25) is 0 Å². The van der Waals surface area contributed by atoms with E-state index in [0.717, 1.165) is 18.8 Å². The molecular formula is C26H40O. The van der Waals surface area contributed by atoms with E-state index >= 15 is 0 Å². The lowest BCUT2D eigenvalue weighted by atomic mass is 9.89. The van der Waals surface area contributed by atoms with Crippen molar-refractivity contribution in [3.8, 4) is 5.75 Å². The summed E-state index contributed by atoms with van der Waals surface area (Å²) in [5.41, 5.74) is 15.6. The van der Waals surface area contributed by atoms with Crippen LogP contribution in [0.2, 0.25) is 0 Å². The van der Waals surface area contributed by atoms with Crippen molar-refractivity contribution in [1.29, 1.82) is 0 Å². The summed E-state index contributed by atoms with van der Waals surface area (Å²) in [6.45, 7) is 27.0. The zero-order chi connectivity index (χ0) is 21.0. The smallest absolute Gasteiger partial charge is 0.125 e. The molecule has 0 fully saturated rings. The molecule has 0 radical (unpaired) electrons.